The van der Waals surface area contributed by atoms with Crippen molar-refractivity contribution in [3.63, 3.8) is 0 Å². The van der Waals surface area contributed by atoms with Gasteiger partial charge in [0.2, 0.25) is 0 Å². The second-order valence-electron chi connectivity index (χ2n) is 10.1. The third kappa shape index (κ3) is 6.08. The van der Waals surface area contributed by atoms with Gasteiger partial charge in [0, 0.05) is 31.7 Å². The topological polar surface area (TPSA) is 79.3 Å². The number of aliphatic hydroxyl groups excluding tert-OH is 1. The maximum absolute atomic E-state index is 13.8. The molecule has 3 aromatic carbocycles. The Kier molecular flexibility index (Phi) is 8.57. The van der Waals surface area contributed by atoms with Crippen LogP contribution in [-0.2, 0) is 20.9 Å². The van der Waals surface area contributed by atoms with Crippen molar-refractivity contribution < 1.29 is 28.6 Å². The molecule has 0 unspecified atom stereocenters. The summed E-state index contributed by atoms with van der Waals surface area (Å²) in [4.78, 5) is 30.3. The zero-order valence-electron chi connectivity index (χ0n) is 22.5. The number of halogens is 1. The van der Waals surface area contributed by atoms with Gasteiger partial charge in [-0.1, -0.05) is 42.5 Å². The van der Waals surface area contributed by atoms with E-state index >= 15 is 0 Å². The molecule has 0 saturated carbocycles. The minimum Gasteiger partial charge on any atom is -0.507 e. The largest absolute Gasteiger partial charge is 0.507 e. The van der Waals surface area contributed by atoms with Gasteiger partial charge in [0.15, 0.2) is 0 Å². The molecule has 0 bridgehead atoms. The maximum atomic E-state index is 13.8. The number of aryl methyl sites for hydroxylation is 1. The van der Waals surface area contributed by atoms with Crippen LogP contribution >= 0.6 is 0 Å². The molecule has 1 atom stereocenters. The van der Waals surface area contributed by atoms with Crippen LogP contribution in [0.25, 0.3) is 5.76 Å². The molecule has 0 aromatic heterocycles. The van der Waals surface area contributed by atoms with Crippen LogP contribution in [0.2, 0.25) is 0 Å². The summed E-state index contributed by atoms with van der Waals surface area (Å²) in [6.45, 7) is 6.34. The summed E-state index contributed by atoms with van der Waals surface area (Å²) in [6.07, 6.45) is 0.650. The van der Waals surface area contributed by atoms with Gasteiger partial charge in [0.05, 0.1) is 24.8 Å². The number of hydrogen-bond acceptors (Lipinski definition) is 6. The van der Waals surface area contributed by atoms with Gasteiger partial charge < -0.3 is 19.5 Å². The molecule has 2 aliphatic rings. The second kappa shape index (κ2) is 12.4. The van der Waals surface area contributed by atoms with Crippen LogP contribution in [0.4, 0.5) is 4.39 Å². The highest BCUT2D eigenvalue weighted by Gasteiger charge is 2.45. The van der Waals surface area contributed by atoms with Crippen molar-refractivity contribution in [1.82, 2.24) is 9.80 Å². The molecule has 40 heavy (non-hydrogen) atoms. The Bertz CT molecular complexity index is 1380. The first-order chi connectivity index (χ1) is 19.4. The van der Waals surface area contributed by atoms with E-state index < -0.39 is 23.5 Å². The number of amides is 1. The van der Waals surface area contributed by atoms with Gasteiger partial charge in [-0.05, 0) is 60.4 Å². The Labute approximate surface area is 233 Å². The highest BCUT2D eigenvalue weighted by atomic mass is 19.1. The van der Waals surface area contributed by atoms with Crippen molar-refractivity contribution in [1.29, 1.82) is 0 Å². The summed E-state index contributed by atoms with van der Waals surface area (Å²) >= 11 is 0. The summed E-state index contributed by atoms with van der Waals surface area (Å²) in [6, 6.07) is 19.8. The average Bonchev–Trinajstić information content (AvgIpc) is 3.22. The average molecular weight is 545 g/mol. The lowest BCUT2D eigenvalue weighted by Gasteiger charge is -2.29. The molecule has 0 spiro atoms. The molecule has 7 nitrogen and oxygen atoms in total. The van der Waals surface area contributed by atoms with Crippen LogP contribution in [0.15, 0.2) is 78.4 Å². The van der Waals surface area contributed by atoms with Crippen molar-refractivity contribution in [3.05, 3.63) is 106 Å². The van der Waals surface area contributed by atoms with Gasteiger partial charge in [0.25, 0.3) is 11.7 Å². The van der Waals surface area contributed by atoms with Crippen molar-refractivity contribution >= 4 is 17.4 Å². The molecule has 0 radical (unpaired) electrons. The first-order valence-corrected chi connectivity index (χ1v) is 13.5. The SMILES string of the molecule is Cc1cc(/C(O)=C2\C(=O)C(=O)N(CCCN3CCOCC3)[C@H]2c2ccc(F)cc2)ccc1OCc1ccccc1. The number of benzene rings is 3. The van der Waals surface area contributed by atoms with Crippen LogP contribution < -0.4 is 4.74 Å². The van der Waals surface area contributed by atoms with E-state index in [0.29, 0.717) is 49.7 Å². The van der Waals surface area contributed by atoms with E-state index in [1.807, 2.05) is 37.3 Å². The lowest BCUT2D eigenvalue weighted by Crippen LogP contribution is -2.38. The van der Waals surface area contributed by atoms with Gasteiger partial charge in [0.1, 0.15) is 23.9 Å². The molecule has 1 amide bonds. The van der Waals surface area contributed by atoms with Crippen molar-refractivity contribution in [2.75, 3.05) is 39.4 Å². The van der Waals surface area contributed by atoms with Crippen molar-refractivity contribution in [2.45, 2.75) is 26.0 Å². The van der Waals surface area contributed by atoms with E-state index in [4.69, 9.17) is 9.47 Å². The Hall–Kier alpha value is -4.01. The Morgan fingerprint density at radius 1 is 1.00 bits per heavy atom. The van der Waals surface area contributed by atoms with Crippen molar-refractivity contribution in [3.8, 4) is 5.75 Å². The number of rotatable bonds is 9. The predicted molar refractivity (Wildman–Crippen MR) is 149 cm³/mol. The van der Waals surface area contributed by atoms with Gasteiger partial charge in [-0.2, -0.15) is 0 Å². The minimum absolute atomic E-state index is 0.000310. The number of carbonyl (C=O) groups is 2. The summed E-state index contributed by atoms with van der Waals surface area (Å²) in [7, 11) is 0. The first-order valence-electron chi connectivity index (χ1n) is 13.5. The highest BCUT2D eigenvalue weighted by Crippen LogP contribution is 2.40. The van der Waals surface area contributed by atoms with Gasteiger partial charge in [-0.15, -0.1) is 0 Å². The number of likely N-dealkylation sites (tertiary alicyclic amines) is 1. The van der Waals surface area contributed by atoms with E-state index in [2.05, 4.69) is 4.90 Å². The van der Waals surface area contributed by atoms with E-state index in [1.54, 1.807) is 30.3 Å². The summed E-state index contributed by atoms with van der Waals surface area (Å²) < 4.78 is 25.1. The normalized spacial score (nSPS) is 19.2. The van der Waals surface area contributed by atoms with Crippen LogP contribution in [0, 0.1) is 12.7 Å². The lowest BCUT2D eigenvalue weighted by molar-refractivity contribution is -0.140. The summed E-state index contributed by atoms with van der Waals surface area (Å²) in [5, 5.41) is 11.4. The second-order valence-corrected chi connectivity index (χ2v) is 10.1. The Balaban J connectivity index is 1.41. The minimum atomic E-state index is -0.820. The Morgan fingerprint density at radius 2 is 1.73 bits per heavy atom. The van der Waals surface area contributed by atoms with E-state index in [0.717, 1.165) is 30.8 Å². The number of ketones is 1. The molecule has 0 aliphatic carbocycles. The number of hydrogen-bond donors (Lipinski definition) is 1. The van der Waals surface area contributed by atoms with Crippen LogP contribution in [0.1, 0.15) is 34.7 Å². The fourth-order valence-corrected chi connectivity index (χ4v) is 5.24. The van der Waals surface area contributed by atoms with E-state index in [-0.39, 0.29) is 11.3 Å². The monoisotopic (exact) mass is 544 g/mol. The van der Waals surface area contributed by atoms with Gasteiger partial charge >= 0.3 is 0 Å². The molecule has 2 fully saturated rings. The fourth-order valence-electron chi connectivity index (χ4n) is 5.24. The number of morpholine rings is 1. The Morgan fingerprint density at radius 3 is 2.42 bits per heavy atom. The first kappa shape index (κ1) is 27.6. The third-order valence-electron chi connectivity index (χ3n) is 7.39. The summed E-state index contributed by atoms with van der Waals surface area (Å²) in [5.74, 6) is -1.45. The number of ether oxygens (including phenoxy) is 2. The van der Waals surface area contributed by atoms with Crippen LogP contribution in [0.5, 0.6) is 5.75 Å². The zero-order valence-corrected chi connectivity index (χ0v) is 22.5. The number of nitrogens with zero attached hydrogens (tertiary/aromatic N) is 2. The number of Topliss-reactive ketones (excluding diaryl/α,β-unsaturated/α-hetero) is 1. The van der Waals surface area contributed by atoms with E-state index in [9.17, 15) is 19.1 Å². The molecule has 3 aromatic rings. The molecule has 5 rings (SSSR count). The number of carbonyl (C=O) groups excluding carboxylic acids is 2. The zero-order chi connectivity index (χ0) is 28.1. The molecule has 2 aliphatic heterocycles. The third-order valence-corrected chi connectivity index (χ3v) is 7.39. The maximum Gasteiger partial charge on any atom is 0.295 e. The van der Waals surface area contributed by atoms with Crippen LogP contribution in [0.3, 0.4) is 0 Å². The van der Waals surface area contributed by atoms with Crippen molar-refractivity contribution in [2.24, 2.45) is 0 Å². The predicted octanol–water partition coefficient (Wildman–Crippen LogP) is 4.86. The standard InChI is InChI=1S/C32H33FN2O5/c1-22-20-25(10-13-27(22)40-21-23-6-3-2-4-7-23)30(36)28-29(24-8-11-26(33)12-9-24)35(32(38)31(28)37)15-5-14-34-16-18-39-19-17-34/h2-4,6-13,20,29,36H,5,14-19,21H2,1H3/b30-28+/t29-/m0/s1. The smallest absolute Gasteiger partial charge is 0.295 e. The summed E-state index contributed by atoms with van der Waals surface area (Å²) in [5.41, 5.74) is 2.77. The van der Waals surface area contributed by atoms with Gasteiger partial charge in [-0.3, -0.25) is 14.5 Å². The molecule has 208 valence electrons. The molecular weight excluding hydrogens is 511 g/mol. The quantitative estimate of drug-likeness (QED) is 0.236. The fraction of sp³-hybridized carbons (Fsp3) is 0.312. The van der Waals surface area contributed by atoms with Gasteiger partial charge in [-0.25, -0.2) is 4.39 Å². The molecule has 2 saturated heterocycles. The molecule has 8 heteroatoms. The molecule has 1 N–H and O–H groups in total. The lowest BCUT2D eigenvalue weighted by atomic mass is 9.94. The molecule has 2 heterocycles. The highest BCUT2D eigenvalue weighted by molar-refractivity contribution is 6.46. The van der Waals surface area contributed by atoms with Crippen LogP contribution in [-0.4, -0.2) is 66.0 Å². The van der Waals surface area contributed by atoms with E-state index in [1.165, 1.54) is 17.0 Å². The number of aliphatic hydroxyl groups is 1. The molecular formula is C32H33FN2O5.